The van der Waals surface area contributed by atoms with Crippen LogP contribution in [-0.2, 0) is 0 Å². The summed E-state index contributed by atoms with van der Waals surface area (Å²) in [5.41, 5.74) is 1.70. The molecule has 3 aromatic rings. The maximum atomic E-state index is 10.6. The highest BCUT2D eigenvalue weighted by molar-refractivity contribution is 7.13. The normalized spacial score (nSPS) is 10.5. The molecular weight excluding hydrogens is 264 g/mol. The van der Waals surface area contributed by atoms with E-state index in [1.807, 2.05) is 17.5 Å². The maximum Gasteiger partial charge on any atom is 0.269 e. The van der Waals surface area contributed by atoms with Crippen molar-refractivity contribution in [1.29, 1.82) is 0 Å². The van der Waals surface area contributed by atoms with E-state index in [-0.39, 0.29) is 5.69 Å². The average Bonchev–Trinajstić information content (AvgIpc) is 3.10. The number of thiazole rings is 1. The van der Waals surface area contributed by atoms with Crippen LogP contribution in [0.4, 0.5) is 5.69 Å². The largest absolute Gasteiger partial charge is 0.462 e. The van der Waals surface area contributed by atoms with E-state index in [2.05, 4.69) is 4.98 Å². The van der Waals surface area contributed by atoms with Crippen molar-refractivity contribution in [2.75, 3.05) is 0 Å². The van der Waals surface area contributed by atoms with Gasteiger partial charge in [-0.3, -0.25) is 10.1 Å². The Morgan fingerprint density at radius 3 is 2.63 bits per heavy atom. The molecule has 0 bridgehead atoms. The Labute approximate surface area is 112 Å². The number of nitro groups is 1. The fraction of sp³-hybridized carbons (Fsp3) is 0. The summed E-state index contributed by atoms with van der Waals surface area (Å²) in [5, 5.41) is 13.3. The van der Waals surface area contributed by atoms with Gasteiger partial charge in [0.05, 0.1) is 16.9 Å². The van der Waals surface area contributed by atoms with Gasteiger partial charge in [-0.05, 0) is 24.3 Å². The van der Waals surface area contributed by atoms with Crippen LogP contribution in [0.3, 0.4) is 0 Å². The molecule has 94 valence electrons. The maximum absolute atomic E-state index is 10.6. The zero-order chi connectivity index (χ0) is 13.2. The van der Waals surface area contributed by atoms with Crippen LogP contribution < -0.4 is 0 Å². The minimum atomic E-state index is -0.418. The van der Waals surface area contributed by atoms with E-state index in [0.717, 1.165) is 22.0 Å². The molecule has 2 heterocycles. The Kier molecular flexibility index (Phi) is 2.85. The Hall–Kier alpha value is -2.47. The first-order valence-electron chi connectivity index (χ1n) is 5.48. The van der Waals surface area contributed by atoms with E-state index >= 15 is 0 Å². The third-order valence-corrected chi connectivity index (χ3v) is 3.47. The van der Waals surface area contributed by atoms with E-state index < -0.39 is 4.92 Å². The lowest BCUT2D eigenvalue weighted by Gasteiger charge is -1.95. The lowest BCUT2D eigenvalue weighted by molar-refractivity contribution is -0.384. The predicted octanol–water partition coefficient (Wildman–Crippen LogP) is 3.98. The van der Waals surface area contributed by atoms with Gasteiger partial charge < -0.3 is 4.42 Å². The average molecular weight is 272 g/mol. The van der Waals surface area contributed by atoms with Crippen molar-refractivity contribution in [2.45, 2.75) is 0 Å². The second-order valence-corrected chi connectivity index (χ2v) is 4.68. The van der Waals surface area contributed by atoms with E-state index in [1.165, 1.54) is 23.5 Å². The second kappa shape index (κ2) is 4.66. The molecule has 0 aliphatic rings. The van der Waals surface area contributed by atoms with Crippen LogP contribution in [0.1, 0.15) is 0 Å². The molecule has 0 aliphatic heterocycles. The van der Waals surface area contributed by atoms with Gasteiger partial charge >= 0.3 is 0 Å². The second-order valence-electron chi connectivity index (χ2n) is 3.82. The van der Waals surface area contributed by atoms with E-state index in [9.17, 15) is 10.1 Å². The van der Waals surface area contributed by atoms with E-state index in [4.69, 9.17) is 4.42 Å². The van der Waals surface area contributed by atoms with Gasteiger partial charge in [0.1, 0.15) is 0 Å². The van der Waals surface area contributed by atoms with Gasteiger partial charge in [-0.2, -0.15) is 0 Å². The topological polar surface area (TPSA) is 69.2 Å². The summed E-state index contributed by atoms with van der Waals surface area (Å²) >= 11 is 1.47. The number of non-ortho nitro benzene ring substituents is 1. The van der Waals surface area contributed by atoms with Gasteiger partial charge in [0.15, 0.2) is 10.8 Å². The molecule has 0 aliphatic carbocycles. The standard InChI is InChI=1S/C13H8N2O3S/c16-15(17)10-5-3-9(4-6-10)11-8-19-13(14-11)12-2-1-7-18-12/h1-8H. The van der Waals surface area contributed by atoms with Gasteiger partial charge in [0.2, 0.25) is 0 Å². The molecule has 19 heavy (non-hydrogen) atoms. The Bertz CT molecular complexity index is 702. The fourth-order valence-electron chi connectivity index (χ4n) is 1.67. The number of nitro benzene ring substituents is 1. The molecule has 2 aromatic heterocycles. The summed E-state index contributed by atoms with van der Waals surface area (Å²) in [5.74, 6) is 0.721. The number of rotatable bonds is 3. The van der Waals surface area contributed by atoms with Crippen LogP contribution in [-0.4, -0.2) is 9.91 Å². The summed E-state index contributed by atoms with van der Waals surface area (Å²) < 4.78 is 5.28. The van der Waals surface area contributed by atoms with Gasteiger partial charge in [-0.25, -0.2) is 4.98 Å². The summed E-state index contributed by atoms with van der Waals surface area (Å²) in [7, 11) is 0. The van der Waals surface area contributed by atoms with Gasteiger partial charge in [-0.1, -0.05) is 0 Å². The molecule has 0 radical (unpaired) electrons. The molecular formula is C13H8N2O3S. The Morgan fingerprint density at radius 2 is 2.00 bits per heavy atom. The van der Waals surface area contributed by atoms with E-state index in [1.54, 1.807) is 18.4 Å². The SMILES string of the molecule is O=[N+]([O-])c1ccc(-c2csc(-c3ccco3)n2)cc1. The Balaban J connectivity index is 1.92. The van der Waals surface area contributed by atoms with Crippen molar-refractivity contribution in [2.24, 2.45) is 0 Å². The smallest absolute Gasteiger partial charge is 0.269 e. The highest BCUT2D eigenvalue weighted by atomic mass is 32.1. The first-order valence-corrected chi connectivity index (χ1v) is 6.36. The van der Waals surface area contributed by atoms with Gasteiger partial charge in [0.25, 0.3) is 5.69 Å². The molecule has 3 rings (SSSR count). The summed E-state index contributed by atoms with van der Waals surface area (Å²) in [6.45, 7) is 0. The van der Waals surface area contributed by atoms with Crippen LogP contribution in [0, 0.1) is 10.1 Å². The summed E-state index contributed by atoms with van der Waals surface area (Å²) in [6.07, 6.45) is 1.60. The molecule has 0 spiro atoms. The first-order chi connectivity index (χ1) is 9.24. The molecule has 0 unspecified atom stereocenters. The molecule has 0 N–H and O–H groups in total. The van der Waals surface area contributed by atoms with Crippen molar-refractivity contribution < 1.29 is 9.34 Å². The van der Waals surface area contributed by atoms with Gasteiger partial charge in [0, 0.05) is 23.1 Å². The summed E-state index contributed by atoms with van der Waals surface area (Å²) in [4.78, 5) is 14.6. The predicted molar refractivity (Wildman–Crippen MR) is 71.9 cm³/mol. The number of hydrogen-bond acceptors (Lipinski definition) is 5. The molecule has 0 saturated heterocycles. The monoisotopic (exact) mass is 272 g/mol. The molecule has 1 aromatic carbocycles. The third-order valence-electron chi connectivity index (χ3n) is 2.61. The lowest BCUT2D eigenvalue weighted by Crippen LogP contribution is -1.87. The van der Waals surface area contributed by atoms with Crippen molar-refractivity contribution in [3.63, 3.8) is 0 Å². The quantitative estimate of drug-likeness (QED) is 0.534. The lowest BCUT2D eigenvalue weighted by atomic mass is 10.1. The number of furan rings is 1. The third kappa shape index (κ3) is 2.25. The molecule has 0 fully saturated rings. The minimum absolute atomic E-state index is 0.0743. The number of benzene rings is 1. The number of hydrogen-bond donors (Lipinski definition) is 0. The van der Waals surface area contributed by atoms with Crippen molar-refractivity contribution in [3.8, 4) is 22.0 Å². The zero-order valence-electron chi connectivity index (χ0n) is 9.65. The molecule has 0 saturated carbocycles. The van der Waals surface area contributed by atoms with Crippen LogP contribution >= 0.6 is 11.3 Å². The summed E-state index contributed by atoms with van der Waals surface area (Å²) in [6, 6.07) is 9.99. The first kappa shape index (κ1) is 11.6. The molecule has 0 atom stereocenters. The molecule has 0 amide bonds. The Morgan fingerprint density at radius 1 is 1.21 bits per heavy atom. The van der Waals surface area contributed by atoms with Crippen molar-refractivity contribution >= 4 is 17.0 Å². The van der Waals surface area contributed by atoms with Crippen LogP contribution in [0.25, 0.3) is 22.0 Å². The number of nitrogens with zero attached hydrogens (tertiary/aromatic N) is 2. The molecule has 5 nitrogen and oxygen atoms in total. The highest BCUT2D eigenvalue weighted by Crippen LogP contribution is 2.29. The van der Waals surface area contributed by atoms with Crippen LogP contribution in [0.5, 0.6) is 0 Å². The number of aromatic nitrogens is 1. The highest BCUT2D eigenvalue weighted by Gasteiger charge is 2.10. The zero-order valence-corrected chi connectivity index (χ0v) is 10.5. The van der Waals surface area contributed by atoms with Crippen molar-refractivity contribution in [3.05, 3.63) is 58.2 Å². The molecule has 6 heteroatoms. The minimum Gasteiger partial charge on any atom is -0.462 e. The van der Waals surface area contributed by atoms with Crippen LogP contribution in [0.15, 0.2) is 52.5 Å². The van der Waals surface area contributed by atoms with Crippen LogP contribution in [0.2, 0.25) is 0 Å². The van der Waals surface area contributed by atoms with Crippen molar-refractivity contribution in [1.82, 2.24) is 4.98 Å². The van der Waals surface area contributed by atoms with E-state index in [0.29, 0.717) is 0 Å². The fourth-order valence-corrected chi connectivity index (χ4v) is 2.47. The van der Waals surface area contributed by atoms with Gasteiger partial charge in [-0.15, -0.1) is 11.3 Å².